The number of rotatable bonds is 5. The van der Waals surface area contributed by atoms with Crippen molar-refractivity contribution in [2.45, 2.75) is 18.3 Å². The molecule has 0 atom stereocenters. The van der Waals surface area contributed by atoms with Crippen LogP contribution in [0.4, 0.5) is 18.9 Å². The molecule has 30 heavy (non-hydrogen) atoms. The Bertz CT molecular complexity index is 1220. The molecule has 0 amide bonds. The quantitative estimate of drug-likeness (QED) is 0.565. The first-order valence-electron chi connectivity index (χ1n) is 8.09. The standard InChI is InChI=1S/C18H12ClF3N2O5S/c1-9-8-11(18(20,21)22)4-7-13(9)24-30(27,28)17-23-14(15(29-17)16(25)26)10-2-5-12(19)6-3-10/h2-8,24H,1H3,(H,25,26). The van der Waals surface area contributed by atoms with Gasteiger partial charge in [0, 0.05) is 10.6 Å². The molecular weight excluding hydrogens is 449 g/mol. The van der Waals surface area contributed by atoms with Crippen LogP contribution in [-0.4, -0.2) is 24.5 Å². The van der Waals surface area contributed by atoms with Crippen molar-refractivity contribution in [3.8, 4) is 11.3 Å². The molecule has 1 heterocycles. The topological polar surface area (TPSA) is 110 Å². The van der Waals surface area contributed by atoms with E-state index in [4.69, 9.17) is 16.0 Å². The zero-order chi connectivity index (χ0) is 22.3. The summed E-state index contributed by atoms with van der Waals surface area (Å²) in [5.74, 6) is -2.28. The van der Waals surface area contributed by atoms with Gasteiger partial charge in [0.05, 0.1) is 11.3 Å². The lowest BCUT2D eigenvalue weighted by atomic mass is 10.1. The fraction of sp³-hybridized carbons (Fsp3) is 0.111. The largest absolute Gasteiger partial charge is 0.475 e. The van der Waals surface area contributed by atoms with E-state index in [1.807, 2.05) is 0 Å². The molecule has 0 aliphatic carbocycles. The highest BCUT2D eigenvalue weighted by molar-refractivity contribution is 7.92. The molecule has 1 aromatic heterocycles. The van der Waals surface area contributed by atoms with Gasteiger partial charge in [0.15, 0.2) is 0 Å². The second-order valence-corrected chi connectivity index (χ2v) is 8.10. The molecule has 0 aliphatic rings. The van der Waals surface area contributed by atoms with Gasteiger partial charge in [-0.3, -0.25) is 4.72 Å². The number of nitrogens with one attached hydrogen (secondary N) is 1. The predicted molar refractivity (Wildman–Crippen MR) is 101 cm³/mol. The number of anilines is 1. The summed E-state index contributed by atoms with van der Waals surface area (Å²) >= 11 is 5.79. The van der Waals surface area contributed by atoms with Gasteiger partial charge in [-0.25, -0.2) is 4.79 Å². The lowest BCUT2D eigenvalue weighted by Crippen LogP contribution is -2.15. The fourth-order valence-electron chi connectivity index (χ4n) is 2.51. The molecule has 0 bridgehead atoms. The van der Waals surface area contributed by atoms with E-state index in [0.29, 0.717) is 11.1 Å². The normalized spacial score (nSPS) is 12.0. The van der Waals surface area contributed by atoms with E-state index in [0.717, 1.165) is 12.1 Å². The summed E-state index contributed by atoms with van der Waals surface area (Å²) < 4.78 is 70.6. The van der Waals surface area contributed by atoms with E-state index in [1.165, 1.54) is 31.2 Å². The molecule has 0 radical (unpaired) electrons. The number of carbonyl (C=O) groups is 1. The molecule has 3 aromatic rings. The first-order valence-corrected chi connectivity index (χ1v) is 9.95. The van der Waals surface area contributed by atoms with Crippen molar-refractivity contribution < 1.29 is 35.9 Å². The number of hydrogen-bond acceptors (Lipinski definition) is 5. The van der Waals surface area contributed by atoms with Crippen LogP contribution < -0.4 is 4.72 Å². The van der Waals surface area contributed by atoms with Crippen molar-refractivity contribution >= 4 is 33.3 Å². The lowest BCUT2D eigenvalue weighted by molar-refractivity contribution is -0.137. The number of aromatic carboxylic acids is 1. The average molecular weight is 461 g/mol. The summed E-state index contributed by atoms with van der Waals surface area (Å²) in [6.07, 6.45) is -4.59. The molecule has 0 spiro atoms. The van der Waals surface area contributed by atoms with E-state index >= 15 is 0 Å². The highest BCUT2D eigenvalue weighted by Gasteiger charge is 2.32. The summed E-state index contributed by atoms with van der Waals surface area (Å²) in [5.41, 5.74) is -1.10. The Morgan fingerprint density at radius 2 is 1.80 bits per heavy atom. The Morgan fingerprint density at radius 1 is 1.17 bits per heavy atom. The number of benzene rings is 2. The summed E-state index contributed by atoms with van der Waals surface area (Å²) in [6.45, 7) is 1.28. The van der Waals surface area contributed by atoms with E-state index in [1.54, 1.807) is 0 Å². The van der Waals surface area contributed by atoms with Gasteiger partial charge in [-0.1, -0.05) is 23.7 Å². The molecule has 3 rings (SSSR count). The number of halogens is 4. The van der Waals surface area contributed by atoms with Crippen molar-refractivity contribution in [1.82, 2.24) is 4.98 Å². The zero-order valence-electron chi connectivity index (χ0n) is 15.0. The fourth-order valence-corrected chi connectivity index (χ4v) is 3.64. The van der Waals surface area contributed by atoms with Crippen molar-refractivity contribution in [3.05, 3.63) is 64.4 Å². The van der Waals surface area contributed by atoms with Crippen molar-refractivity contribution in [2.75, 3.05) is 4.72 Å². The molecule has 2 aromatic carbocycles. The third kappa shape index (κ3) is 4.41. The van der Waals surface area contributed by atoms with Crippen LogP contribution in [-0.2, 0) is 16.2 Å². The SMILES string of the molecule is Cc1cc(C(F)(F)F)ccc1NS(=O)(=O)c1nc(-c2ccc(Cl)cc2)c(C(=O)O)o1. The highest BCUT2D eigenvalue weighted by Crippen LogP contribution is 2.33. The average Bonchev–Trinajstić information content (AvgIpc) is 3.10. The Morgan fingerprint density at radius 3 is 2.33 bits per heavy atom. The summed E-state index contributed by atoms with van der Waals surface area (Å²) in [6, 6.07) is 8.19. The number of carboxylic acids is 1. The summed E-state index contributed by atoms with van der Waals surface area (Å²) in [7, 11) is -4.53. The maximum atomic E-state index is 12.8. The lowest BCUT2D eigenvalue weighted by Gasteiger charge is -2.12. The third-order valence-corrected chi connectivity index (χ3v) is 5.32. The van der Waals surface area contributed by atoms with Gasteiger partial charge in [-0.2, -0.15) is 26.6 Å². The van der Waals surface area contributed by atoms with E-state index in [2.05, 4.69) is 9.71 Å². The molecule has 0 aliphatic heterocycles. The van der Waals surface area contributed by atoms with Gasteiger partial charge in [-0.05, 0) is 42.8 Å². The third-order valence-electron chi connectivity index (χ3n) is 3.95. The predicted octanol–water partition coefficient (Wildman–Crippen LogP) is 4.82. The van der Waals surface area contributed by atoms with Gasteiger partial charge in [0.25, 0.3) is 0 Å². The molecule has 158 valence electrons. The van der Waals surface area contributed by atoms with E-state index < -0.39 is 38.7 Å². The number of oxazole rings is 1. The Labute approximate surface area is 173 Å². The first kappa shape index (κ1) is 21.7. The van der Waals surface area contributed by atoms with Crippen LogP contribution in [0.5, 0.6) is 0 Å². The monoisotopic (exact) mass is 460 g/mol. The molecule has 2 N–H and O–H groups in total. The molecular formula is C18H12ClF3N2O5S. The molecule has 0 unspecified atom stereocenters. The van der Waals surface area contributed by atoms with Gasteiger partial charge < -0.3 is 9.52 Å². The molecule has 0 saturated heterocycles. The second-order valence-electron chi connectivity index (χ2n) is 6.10. The maximum absolute atomic E-state index is 12.8. The minimum atomic E-state index is -4.59. The number of carboxylic acid groups (broad SMARTS) is 1. The van der Waals surface area contributed by atoms with Crippen LogP contribution >= 0.6 is 11.6 Å². The van der Waals surface area contributed by atoms with Gasteiger partial charge in [0.1, 0.15) is 5.69 Å². The van der Waals surface area contributed by atoms with Gasteiger partial charge >= 0.3 is 27.4 Å². The number of sulfonamides is 1. The van der Waals surface area contributed by atoms with Crippen LogP contribution in [0.25, 0.3) is 11.3 Å². The number of alkyl halides is 3. The maximum Gasteiger partial charge on any atom is 0.416 e. The Hall–Kier alpha value is -3.05. The van der Waals surface area contributed by atoms with Crippen molar-refractivity contribution in [2.24, 2.45) is 0 Å². The van der Waals surface area contributed by atoms with E-state index in [9.17, 15) is 31.5 Å². The minimum absolute atomic E-state index is 0.00339. The van der Waals surface area contributed by atoms with Crippen LogP contribution in [0.1, 0.15) is 21.7 Å². The number of nitrogens with zero attached hydrogens (tertiary/aromatic N) is 1. The van der Waals surface area contributed by atoms with Gasteiger partial charge in [0.2, 0.25) is 5.76 Å². The highest BCUT2D eigenvalue weighted by atomic mass is 35.5. The van der Waals surface area contributed by atoms with Gasteiger partial charge in [-0.15, -0.1) is 0 Å². The smallest absolute Gasteiger partial charge is 0.416 e. The van der Waals surface area contributed by atoms with Crippen LogP contribution in [0.3, 0.4) is 0 Å². The minimum Gasteiger partial charge on any atom is -0.475 e. The number of hydrogen-bond donors (Lipinski definition) is 2. The van der Waals surface area contributed by atoms with Crippen LogP contribution in [0.2, 0.25) is 5.02 Å². The van der Waals surface area contributed by atoms with E-state index in [-0.39, 0.29) is 22.5 Å². The molecule has 12 heteroatoms. The van der Waals surface area contributed by atoms with Crippen molar-refractivity contribution in [1.29, 1.82) is 0 Å². The van der Waals surface area contributed by atoms with Crippen molar-refractivity contribution in [3.63, 3.8) is 0 Å². The molecule has 0 fully saturated rings. The molecule has 0 saturated carbocycles. The Balaban J connectivity index is 2.00. The molecule has 7 nitrogen and oxygen atoms in total. The summed E-state index contributed by atoms with van der Waals surface area (Å²) in [5, 5.41) is 8.73. The van der Waals surface area contributed by atoms with Crippen LogP contribution in [0.15, 0.2) is 52.1 Å². The van der Waals surface area contributed by atoms with Crippen LogP contribution in [0, 0.1) is 6.92 Å². The number of aryl methyl sites for hydroxylation is 1. The summed E-state index contributed by atoms with van der Waals surface area (Å²) in [4.78, 5) is 15.2. The Kier molecular flexibility index (Phi) is 5.52. The number of aromatic nitrogens is 1. The second kappa shape index (κ2) is 7.65. The first-order chi connectivity index (χ1) is 13.9. The zero-order valence-corrected chi connectivity index (χ0v) is 16.6.